The van der Waals surface area contributed by atoms with Gasteiger partial charge in [-0.2, -0.15) is 0 Å². The molecular formula is C22H34N4O4. The highest BCUT2D eigenvalue weighted by Gasteiger charge is 2.22. The van der Waals surface area contributed by atoms with E-state index < -0.39 is 12.0 Å². The lowest BCUT2D eigenvalue weighted by Gasteiger charge is -2.33. The molecule has 1 fully saturated rings. The maximum Gasteiger partial charge on any atom is 0.325 e. The summed E-state index contributed by atoms with van der Waals surface area (Å²) in [5.41, 5.74) is 1.90. The quantitative estimate of drug-likeness (QED) is 0.564. The molecule has 0 aromatic heterocycles. The van der Waals surface area contributed by atoms with Gasteiger partial charge in [-0.3, -0.25) is 9.59 Å². The van der Waals surface area contributed by atoms with Crippen molar-refractivity contribution in [1.82, 2.24) is 10.6 Å². The number of nitrogens with zero attached hydrogens (tertiary/aromatic N) is 1. The van der Waals surface area contributed by atoms with Gasteiger partial charge in [0.15, 0.2) is 0 Å². The van der Waals surface area contributed by atoms with Crippen molar-refractivity contribution in [2.75, 3.05) is 43.0 Å². The van der Waals surface area contributed by atoms with Gasteiger partial charge < -0.3 is 25.6 Å². The zero-order valence-corrected chi connectivity index (χ0v) is 18.4. The van der Waals surface area contributed by atoms with E-state index in [9.17, 15) is 14.4 Å². The second kappa shape index (κ2) is 11.4. The van der Waals surface area contributed by atoms with Crippen molar-refractivity contribution in [2.45, 2.75) is 40.5 Å². The highest BCUT2D eigenvalue weighted by atomic mass is 16.5. The molecule has 0 bridgehead atoms. The molecule has 166 valence electrons. The van der Waals surface area contributed by atoms with Crippen molar-refractivity contribution < 1.29 is 19.1 Å². The van der Waals surface area contributed by atoms with Gasteiger partial charge in [0, 0.05) is 31.0 Å². The summed E-state index contributed by atoms with van der Waals surface area (Å²) in [5, 5.41) is 8.10. The predicted octanol–water partition coefficient (Wildman–Crippen LogP) is 2.99. The first-order chi connectivity index (χ1) is 14.3. The van der Waals surface area contributed by atoms with Crippen LogP contribution in [0.25, 0.3) is 0 Å². The summed E-state index contributed by atoms with van der Waals surface area (Å²) in [4.78, 5) is 38.6. The molecule has 1 aliphatic rings. The molecule has 1 heterocycles. The average molecular weight is 419 g/mol. The molecule has 1 saturated heterocycles. The molecule has 0 radical (unpaired) electrons. The topological polar surface area (TPSA) is 99.8 Å². The van der Waals surface area contributed by atoms with Crippen molar-refractivity contribution in [2.24, 2.45) is 11.8 Å². The molecule has 1 aromatic rings. The number of urea groups is 1. The Balaban J connectivity index is 2.14. The van der Waals surface area contributed by atoms with Gasteiger partial charge >= 0.3 is 12.0 Å². The first-order valence-corrected chi connectivity index (χ1v) is 10.7. The number of ether oxygens (including phenoxy) is 1. The van der Waals surface area contributed by atoms with Gasteiger partial charge in [-0.05, 0) is 49.8 Å². The minimum Gasteiger partial charge on any atom is -0.465 e. The number of benzene rings is 1. The van der Waals surface area contributed by atoms with Crippen LogP contribution in [0.1, 0.15) is 50.9 Å². The molecule has 1 aliphatic heterocycles. The number of hydrogen-bond acceptors (Lipinski definition) is 5. The van der Waals surface area contributed by atoms with Crippen LogP contribution in [-0.4, -0.2) is 50.7 Å². The molecule has 0 atom stereocenters. The Morgan fingerprint density at radius 2 is 1.87 bits per heavy atom. The lowest BCUT2D eigenvalue weighted by molar-refractivity contribution is -0.141. The van der Waals surface area contributed by atoms with Gasteiger partial charge in [0.25, 0.3) is 5.91 Å². The van der Waals surface area contributed by atoms with Crippen LogP contribution in [0.4, 0.5) is 16.2 Å². The number of rotatable bonds is 8. The third-order valence-electron chi connectivity index (χ3n) is 4.99. The first kappa shape index (κ1) is 23.5. The highest BCUT2D eigenvalue weighted by Crippen LogP contribution is 2.28. The summed E-state index contributed by atoms with van der Waals surface area (Å²) in [6.45, 7) is 10.4. The third kappa shape index (κ3) is 7.24. The zero-order chi connectivity index (χ0) is 22.1. The van der Waals surface area contributed by atoms with E-state index in [1.807, 2.05) is 19.9 Å². The number of piperidine rings is 1. The van der Waals surface area contributed by atoms with E-state index in [-0.39, 0.29) is 19.1 Å². The fraction of sp³-hybridized carbons (Fsp3) is 0.591. The largest absolute Gasteiger partial charge is 0.465 e. The van der Waals surface area contributed by atoms with Crippen LogP contribution in [0.3, 0.4) is 0 Å². The standard InChI is InChI=1S/C22H34N4O4/c1-5-30-20(27)14-24-22(29)25-17-6-7-19(26-10-8-16(4)9-11-26)18(12-17)21(28)23-13-15(2)3/h6-7,12,15-16H,5,8-11,13-14H2,1-4H3,(H,23,28)(H2,24,25,29). The summed E-state index contributed by atoms with van der Waals surface area (Å²) in [7, 11) is 0. The van der Waals surface area contributed by atoms with Crippen molar-refractivity contribution in [1.29, 1.82) is 0 Å². The summed E-state index contributed by atoms with van der Waals surface area (Å²) in [6, 6.07) is 4.81. The molecule has 0 saturated carbocycles. The van der Waals surface area contributed by atoms with Crippen LogP contribution in [0.2, 0.25) is 0 Å². The molecule has 0 unspecified atom stereocenters. The highest BCUT2D eigenvalue weighted by molar-refractivity contribution is 6.02. The van der Waals surface area contributed by atoms with Crippen molar-refractivity contribution in [3.8, 4) is 0 Å². The Labute approximate surface area is 178 Å². The van der Waals surface area contributed by atoms with Crippen LogP contribution in [0, 0.1) is 11.8 Å². The molecule has 8 heteroatoms. The van der Waals surface area contributed by atoms with Crippen molar-refractivity contribution in [3.05, 3.63) is 23.8 Å². The molecule has 0 spiro atoms. The van der Waals surface area contributed by atoms with Gasteiger partial charge in [0.2, 0.25) is 0 Å². The fourth-order valence-electron chi connectivity index (χ4n) is 3.25. The van der Waals surface area contributed by atoms with Gasteiger partial charge in [0.1, 0.15) is 6.54 Å². The second-order valence-electron chi connectivity index (χ2n) is 8.12. The number of esters is 1. The predicted molar refractivity (Wildman–Crippen MR) is 118 cm³/mol. The number of amides is 3. The Bertz CT molecular complexity index is 743. The smallest absolute Gasteiger partial charge is 0.325 e. The lowest BCUT2D eigenvalue weighted by atomic mass is 9.97. The van der Waals surface area contributed by atoms with Crippen LogP contribution in [-0.2, 0) is 9.53 Å². The normalized spacial score (nSPS) is 14.4. The molecule has 3 N–H and O–H groups in total. The Morgan fingerprint density at radius 1 is 1.17 bits per heavy atom. The van der Waals surface area contributed by atoms with Crippen molar-refractivity contribution in [3.63, 3.8) is 0 Å². The van der Waals surface area contributed by atoms with Crippen LogP contribution in [0.15, 0.2) is 18.2 Å². The monoisotopic (exact) mass is 418 g/mol. The van der Waals surface area contributed by atoms with E-state index in [2.05, 4.69) is 27.8 Å². The summed E-state index contributed by atoms with van der Waals surface area (Å²) >= 11 is 0. The Kier molecular flexibility index (Phi) is 8.95. The van der Waals surface area contributed by atoms with Gasteiger partial charge in [0.05, 0.1) is 12.2 Å². The van der Waals surface area contributed by atoms with Crippen LogP contribution >= 0.6 is 0 Å². The number of carbonyl (C=O) groups is 3. The number of nitrogens with one attached hydrogen (secondary N) is 3. The Morgan fingerprint density at radius 3 is 2.50 bits per heavy atom. The maximum atomic E-state index is 12.9. The van der Waals surface area contributed by atoms with E-state index >= 15 is 0 Å². The van der Waals surface area contributed by atoms with E-state index in [0.29, 0.717) is 29.6 Å². The zero-order valence-electron chi connectivity index (χ0n) is 18.4. The van der Waals surface area contributed by atoms with Gasteiger partial charge in [-0.1, -0.05) is 20.8 Å². The molecule has 8 nitrogen and oxygen atoms in total. The molecule has 1 aromatic carbocycles. The summed E-state index contributed by atoms with van der Waals surface area (Å²) in [5.74, 6) is 0.357. The molecule has 30 heavy (non-hydrogen) atoms. The third-order valence-corrected chi connectivity index (χ3v) is 4.99. The van der Waals surface area contributed by atoms with Gasteiger partial charge in [-0.15, -0.1) is 0 Å². The maximum absolute atomic E-state index is 12.9. The Hall–Kier alpha value is -2.77. The minimum absolute atomic E-state index is 0.159. The van der Waals surface area contributed by atoms with E-state index in [0.717, 1.165) is 31.6 Å². The molecular weight excluding hydrogens is 384 g/mol. The number of carbonyl (C=O) groups excluding carboxylic acids is 3. The minimum atomic E-state index is -0.531. The molecule has 2 rings (SSSR count). The van der Waals surface area contributed by atoms with E-state index in [1.54, 1.807) is 19.1 Å². The summed E-state index contributed by atoms with van der Waals surface area (Å²) < 4.78 is 4.79. The van der Waals surface area contributed by atoms with E-state index in [4.69, 9.17) is 4.74 Å². The van der Waals surface area contributed by atoms with Crippen LogP contribution in [0.5, 0.6) is 0 Å². The molecule has 3 amide bonds. The molecule has 0 aliphatic carbocycles. The average Bonchev–Trinajstić information content (AvgIpc) is 2.71. The SMILES string of the molecule is CCOC(=O)CNC(=O)Nc1ccc(N2CCC(C)CC2)c(C(=O)NCC(C)C)c1. The van der Waals surface area contributed by atoms with Gasteiger partial charge in [-0.25, -0.2) is 4.79 Å². The van der Waals surface area contributed by atoms with E-state index in [1.165, 1.54) is 0 Å². The fourth-order valence-corrected chi connectivity index (χ4v) is 3.25. The number of hydrogen-bond donors (Lipinski definition) is 3. The lowest BCUT2D eigenvalue weighted by Crippen LogP contribution is -2.36. The summed E-state index contributed by atoms with van der Waals surface area (Å²) in [6.07, 6.45) is 2.17. The first-order valence-electron chi connectivity index (χ1n) is 10.7. The van der Waals surface area contributed by atoms with Crippen molar-refractivity contribution >= 4 is 29.3 Å². The van der Waals surface area contributed by atoms with Crippen LogP contribution < -0.4 is 20.9 Å². The second-order valence-corrected chi connectivity index (χ2v) is 8.12. The number of anilines is 2.